The van der Waals surface area contributed by atoms with E-state index in [1.807, 2.05) is 11.9 Å². The topological polar surface area (TPSA) is 111 Å². The zero-order valence-corrected chi connectivity index (χ0v) is 17.3. The van der Waals surface area contributed by atoms with Gasteiger partial charge < -0.3 is 20.3 Å². The average Bonchev–Trinajstić information content (AvgIpc) is 2.77. The van der Waals surface area contributed by atoms with Crippen molar-refractivity contribution in [2.75, 3.05) is 45.3 Å². The Labute approximate surface area is 175 Å². The van der Waals surface area contributed by atoms with E-state index in [2.05, 4.69) is 5.10 Å². The lowest BCUT2D eigenvalue weighted by Crippen LogP contribution is -2.43. The van der Waals surface area contributed by atoms with E-state index in [1.165, 1.54) is 10.7 Å². The third-order valence-electron chi connectivity index (χ3n) is 5.31. The van der Waals surface area contributed by atoms with Crippen LogP contribution in [-0.2, 0) is 4.74 Å². The zero-order chi connectivity index (χ0) is 21.7. The largest absolute Gasteiger partial charge is 0.383 e. The van der Waals surface area contributed by atoms with Gasteiger partial charge >= 0.3 is 0 Å². The normalized spacial score (nSPS) is 16.3. The van der Waals surface area contributed by atoms with E-state index in [9.17, 15) is 14.4 Å². The van der Waals surface area contributed by atoms with Crippen molar-refractivity contribution in [1.82, 2.24) is 14.7 Å². The Morgan fingerprint density at radius 1 is 1.30 bits per heavy atom. The minimum atomic E-state index is -0.576. The summed E-state index contributed by atoms with van der Waals surface area (Å²) >= 11 is 0. The Balaban J connectivity index is 1.74. The first-order valence-electron chi connectivity index (χ1n) is 9.88. The third kappa shape index (κ3) is 4.85. The summed E-state index contributed by atoms with van der Waals surface area (Å²) in [5.41, 5.74) is 6.53. The lowest BCUT2D eigenvalue weighted by Gasteiger charge is -2.33. The number of piperidine rings is 1. The number of nitrogens with zero attached hydrogens (tertiary/aromatic N) is 4. The summed E-state index contributed by atoms with van der Waals surface area (Å²) in [7, 11) is 3.51. The Hall–Kier alpha value is -3.20. The summed E-state index contributed by atoms with van der Waals surface area (Å²) in [5, 5.41) is 4.36. The van der Waals surface area contributed by atoms with Crippen molar-refractivity contribution in [3.63, 3.8) is 0 Å². The smallest absolute Gasteiger partial charge is 0.269 e. The Morgan fingerprint density at radius 2 is 2.07 bits per heavy atom. The van der Waals surface area contributed by atoms with Gasteiger partial charge in [-0.2, -0.15) is 5.10 Å². The molecule has 30 heavy (non-hydrogen) atoms. The van der Waals surface area contributed by atoms with Gasteiger partial charge in [0.05, 0.1) is 24.5 Å². The van der Waals surface area contributed by atoms with E-state index >= 15 is 0 Å². The Kier molecular flexibility index (Phi) is 6.83. The van der Waals surface area contributed by atoms with Crippen molar-refractivity contribution in [3.05, 3.63) is 58.0 Å². The molecule has 2 heterocycles. The van der Waals surface area contributed by atoms with E-state index < -0.39 is 5.91 Å². The van der Waals surface area contributed by atoms with E-state index in [1.54, 1.807) is 42.5 Å². The maximum absolute atomic E-state index is 12.9. The van der Waals surface area contributed by atoms with Crippen LogP contribution >= 0.6 is 0 Å². The molecule has 3 rings (SSSR count). The summed E-state index contributed by atoms with van der Waals surface area (Å²) in [6, 6.07) is 7.73. The van der Waals surface area contributed by atoms with Gasteiger partial charge in [0.25, 0.3) is 11.5 Å². The van der Waals surface area contributed by atoms with E-state index in [4.69, 9.17) is 10.5 Å². The van der Waals surface area contributed by atoms with Crippen LogP contribution in [0.5, 0.6) is 0 Å². The number of carbonyl (C=O) groups is 2. The number of nitrogens with two attached hydrogens (primary N) is 1. The standard InChI is InChI=1S/C21H27N5O4/c1-24(9-10-30-2)18-12-19(27)26(23-13-18)17-7-4-8-25(14-17)21(29)16-6-3-5-15(11-16)20(22)28/h3,5-6,11-13,17H,4,7-10,14H2,1-2H3,(H2,22,28). The highest BCUT2D eigenvalue weighted by molar-refractivity contribution is 5.99. The maximum atomic E-state index is 12.9. The molecule has 1 saturated heterocycles. The summed E-state index contributed by atoms with van der Waals surface area (Å²) in [6.07, 6.45) is 3.18. The number of likely N-dealkylation sites (N-methyl/N-ethyl adjacent to an activating group) is 1. The molecule has 0 spiro atoms. The molecule has 1 aromatic carbocycles. The number of amides is 2. The first kappa shape index (κ1) is 21.5. The van der Waals surface area contributed by atoms with Gasteiger partial charge in [-0.1, -0.05) is 6.07 Å². The van der Waals surface area contributed by atoms with Crippen molar-refractivity contribution in [2.24, 2.45) is 5.73 Å². The molecule has 1 aromatic heterocycles. The molecular formula is C21H27N5O4. The van der Waals surface area contributed by atoms with E-state index in [0.717, 1.165) is 18.5 Å². The highest BCUT2D eigenvalue weighted by Crippen LogP contribution is 2.22. The Bertz CT molecular complexity index is 974. The van der Waals surface area contributed by atoms with Gasteiger partial charge in [0.15, 0.2) is 0 Å². The number of hydrogen-bond acceptors (Lipinski definition) is 6. The van der Waals surface area contributed by atoms with Crippen LogP contribution < -0.4 is 16.2 Å². The second kappa shape index (κ2) is 9.53. The second-order valence-corrected chi connectivity index (χ2v) is 7.40. The lowest BCUT2D eigenvalue weighted by molar-refractivity contribution is 0.0670. The number of hydrogen-bond donors (Lipinski definition) is 1. The van der Waals surface area contributed by atoms with Crippen molar-refractivity contribution >= 4 is 17.5 Å². The number of methoxy groups -OCH3 is 1. The molecule has 1 atom stereocenters. The first-order valence-corrected chi connectivity index (χ1v) is 9.88. The molecule has 9 nitrogen and oxygen atoms in total. The zero-order valence-electron chi connectivity index (χ0n) is 17.3. The van der Waals surface area contributed by atoms with Gasteiger partial charge in [-0.25, -0.2) is 4.68 Å². The molecule has 2 amide bonds. The SMILES string of the molecule is COCCN(C)c1cnn(C2CCCN(C(=O)c3cccc(C(N)=O)c3)C2)c(=O)c1. The molecule has 9 heteroatoms. The number of benzene rings is 1. The van der Waals surface area contributed by atoms with E-state index in [0.29, 0.717) is 37.4 Å². The second-order valence-electron chi connectivity index (χ2n) is 7.40. The fraction of sp³-hybridized carbons (Fsp3) is 0.429. The van der Waals surface area contributed by atoms with Crippen molar-refractivity contribution in [1.29, 1.82) is 0 Å². The number of ether oxygens (including phenoxy) is 1. The predicted octanol–water partition coefficient (Wildman–Crippen LogP) is 0.902. The average molecular weight is 413 g/mol. The predicted molar refractivity (Wildman–Crippen MR) is 113 cm³/mol. The highest BCUT2D eigenvalue weighted by atomic mass is 16.5. The van der Waals surface area contributed by atoms with Gasteiger partial charge in [-0.05, 0) is 31.0 Å². The number of anilines is 1. The van der Waals surface area contributed by atoms with Crippen LogP contribution in [0.4, 0.5) is 5.69 Å². The fourth-order valence-corrected chi connectivity index (χ4v) is 3.58. The first-order chi connectivity index (χ1) is 14.4. The van der Waals surface area contributed by atoms with Crippen LogP contribution in [0.1, 0.15) is 39.6 Å². The quantitative estimate of drug-likeness (QED) is 0.722. The summed E-state index contributed by atoms with van der Waals surface area (Å²) in [5.74, 6) is -0.765. The summed E-state index contributed by atoms with van der Waals surface area (Å²) in [4.78, 5) is 40.6. The summed E-state index contributed by atoms with van der Waals surface area (Å²) < 4.78 is 6.52. The molecule has 0 bridgehead atoms. The molecule has 0 aliphatic carbocycles. The number of primary amides is 1. The highest BCUT2D eigenvalue weighted by Gasteiger charge is 2.27. The monoisotopic (exact) mass is 413 g/mol. The number of likely N-dealkylation sites (tertiary alicyclic amines) is 1. The fourth-order valence-electron chi connectivity index (χ4n) is 3.58. The molecule has 0 radical (unpaired) electrons. The molecule has 2 N–H and O–H groups in total. The van der Waals surface area contributed by atoms with Gasteiger partial charge in [-0.15, -0.1) is 0 Å². The van der Waals surface area contributed by atoms with Gasteiger partial charge in [0, 0.05) is 51.0 Å². The van der Waals surface area contributed by atoms with Crippen LogP contribution in [0.2, 0.25) is 0 Å². The van der Waals surface area contributed by atoms with Gasteiger partial charge in [0.1, 0.15) is 0 Å². The van der Waals surface area contributed by atoms with Gasteiger partial charge in [0.2, 0.25) is 5.91 Å². The van der Waals surface area contributed by atoms with Crippen molar-refractivity contribution in [3.8, 4) is 0 Å². The van der Waals surface area contributed by atoms with Crippen LogP contribution in [0.25, 0.3) is 0 Å². The molecule has 0 saturated carbocycles. The van der Waals surface area contributed by atoms with E-state index in [-0.39, 0.29) is 17.5 Å². The van der Waals surface area contributed by atoms with Crippen molar-refractivity contribution < 1.29 is 14.3 Å². The molecule has 1 aliphatic rings. The van der Waals surface area contributed by atoms with Crippen LogP contribution in [0.15, 0.2) is 41.3 Å². The van der Waals surface area contributed by atoms with Crippen LogP contribution in [-0.4, -0.2) is 66.9 Å². The number of carbonyl (C=O) groups excluding carboxylic acids is 2. The molecule has 1 fully saturated rings. The number of aromatic nitrogens is 2. The molecule has 2 aromatic rings. The Morgan fingerprint density at radius 3 is 2.77 bits per heavy atom. The summed E-state index contributed by atoms with van der Waals surface area (Å²) in [6.45, 7) is 2.17. The number of rotatable bonds is 7. The molecule has 1 aliphatic heterocycles. The van der Waals surface area contributed by atoms with Crippen molar-refractivity contribution in [2.45, 2.75) is 18.9 Å². The molecule has 1 unspecified atom stereocenters. The molecule has 160 valence electrons. The minimum absolute atomic E-state index is 0.188. The van der Waals surface area contributed by atoms with Crippen LogP contribution in [0, 0.1) is 0 Å². The van der Waals surface area contributed by atoms with Crippen LogP contribution in [0.3, 0.4) is 0 Å². The van der Waals surface area contributed by atoms with Gasteiger partial charge in [-0.3, -0.25) is 14.4 Å². The maximum Gasteiger partial charge on any atom is 0.269 e. The minimum Gasteiger partial charge on any atom is -0.383 e. The lowest BCUT2D eigenvalue weighted by atomic mass is 10.0. The molecular weight excluding hydrogens is 386 g/mol. The third-order valence-corrected chi connectivity index (χ3v) is 5.31.